The monoisotopic (exact) mass is 140 g/mol. The van der Waals surface area contributed by atoms with Gasteiger partial charge < -0.3 is 9.25 Å². The molecule has 1 aromatic rings. The number of oxazole rings is 1. The Hall–Kier alpha value is -1.32. The molecule has 0 N–H and O–H groups in total. The molecule has 0 aromatic carbocycles. The first kappa shape index (κ1) is 6.80. The van der Waals surface area contributed by atoms with Crippen molar-refractivity contribution in [3.63, 3.8) is 0 Å². The highest BCUT2D eigenvalue weighted by Crippen LogP contribution is 1.90. The summed E-state index contributed by atoms with van der Waals surface area (Å²) in [5.41, 5.74) is 0. The van der Waals surface area contributed by atoms with E-state index in [1.54, 1.807) is 6.20 Å². The molecule has 0 fully saturated rings. The van der Waals surface area contributed by atoms with Crippen molar-refractivity contribution in [1.29, 1.82) is 0 Å². The van der Waals surface area contributed by atoms with Crippen LogP contribution < -0.4 is 0 Å². The van der Waals surface area contributed by atoms with Gasteiger partial charge in [-0.1, -0.05) is 5.16 Å². The average molecular weight is 140 g/mol. The highest BCUT2D eigenvalue weighted by molar-refractivity contribution is 5.74. The lowest BCUT2D eigenvalue weighted by Crippen LogP contribution is -1.80. The number of rotatable bonds is 3. The highest BCUT2D eigenvalue weighted by atomic mass is 16.6. The van der Waals surface area contributed by atoms with Gasteiger partial charge in [0.05, 0.1) is 6.20 Å². The van der Waals surface area contributed by atoms with E-state index in [-0.39, 0.29) is 0 Å². The van der Waals surface area contributed by atoms with Crippen LogP contribution in [0.1, 0.15) is 12.7 Å². The van der Waals surface area contributed by atoms with Crippen molar-refractivity contribution in [2.24, 2.45) is 5.16 Å². The quantitative estimate of drug-likeness (QED) is 0.465. The van der Waals surface area contributed by atoms with Gasteiger partial charge >= 0.3 is 0 Å². The smallest absolute Gasteiger partial charge is 0.181 e. The van der Waals surface area contributed by atoms with E-state index in [0.29, 0.717) is 12.4 Å². The van der Waals surface area contributed by atoms with Crippen molar-refractivity contribution in [2.75, 3.05) is 6.61 Å². The van der Waals surface area contributed by atoms with Crippen molar-refractivity contribution in [3.8, 4) is 0 Å². The van der Waals surface area contributed by atoms with Crippen LogP contribution in [0.25, 0.3) is 0 Å². The highest BCUT2D eigenvalue weighted by Gasteiger charge is 1.87. The van der Waals surface area contributed by atoms with Gasteiger partial charge in [0.2, 0.25) is 0 Å². The standard InChI is InChI=1S/C6H8N2O2/c1-2-10-8-4-6-3-7-5-9-6/h3-5H,2H2,1H3. The summed E-state index contributed by atoms with van der Waals surface area (Å²) in [7, 11) is 0. The lowest BCUT2D eigenvalue weighted by molar-refractivity contribution is 0.160. The lowest BCUT2D eigenvalue weighted by atomic mass is 10.6. The first-order chi connectivity index (χ1) is 4.93. The van der Waals surface area contributed by atoms with E-state index in [0.717, 1.165) is 0 Å². The summed E-state index contributed by atoms with van der Waals surface area (Å²) in [6.07, 6.45) is 4.37. The maximum atomic E-state index is 4.84. The predicted molar refractivity (Wildman–Crippen MR) is 35.7 cm³/mol. The van der Waals surface area contributed by atoms with E-state index in [4.69, 9.17) is 4.42 Å². The molecule has 0 saturated heterocycles. The van der Waals surface area contributed by atoms with Crippen LogP contribution in [0, 0.1) is 0 Å². The Morgan fingerprint density at radius 3 is 3.40 bits per heavy atom. The van der Waals surface area contributed by atoms with Gasteiger partial charge in [-0.25, -0.2) is 4.98 Å². The molecule has 1 rings (SSSR count). The van der Waals surface area contributed by atoms with Gasteiger partial charge in [-0.05, 0) is 6.92 Å². The van der Waals surface area contributed by atoms with Crippen molar-refractivity contribution in [2.45, 2.75) is 6.92 Å². The summed E-state index contributed by atoms with van der Waals surface area (Å²) in [6.45, 7) is 2.42. The number of hydrogen-bond donors (Lipinski definition) is 0. The molecule has 0 bridgehead atoms. The van der Waals surface area contributed by atoms with Crippen LogP contribution in [0.15, 0.2) is 22.2 Å². The van der Waals surface area contributed by atoms with Crippen molar-refractivity contribution < 1.29 is 9.25 Å². The molecule has 54 valence electrons. The van der Waals surface area contributed by atoms with Crippen LogP contribution in [-0.2, 0) is 4.84 Å². The summed E-state index contributed by atoms with van der Waals surface area (Å²) in [6, 6.07) is 0. The van der Waals surface area contributed by atoms with Crippen LogP contribution in [0.4, 0.5) is 0 Å². The molecule has 1 heterocycles. The number of oxime groups is 1. The molecule has 1 aromatic heterocycles. The second kappa shape index (κ2) is 3.66. The van der Waals surface area contributed by atoms with Gasteiger partial charge in [-0.3, -0.25) is 0 Å². The molecule has 0 aliphatic heterocycles. The van der Waals surface area contributed by atoms with Gasteiger partial charge in [0, 0.05) is 0 Å². The van der Waals surface area contributed by atoms with E-state index in [9.17, 15) is 0 Å². The Bertz CT molecular complexity index is 194. The van der Waals surface area contributed by atoms with E-state index in [1.807, 2.05) is 6.92 Å². The Kier molecular flexibility index (Phi) is 2.49. The Labute approximate surface area is 58.5 Å². The summed E-state index contributed by atoms with van der Waals surface area (Å²) in [5.74, 6) is 0.591. The third-order valence-electron chi connectivity index (χ3n) is 0.835. The predicted octanol–water partition coefficient (Wildman–Crippen LogP) is 1.04. The maximum Gasteiger partial charge on any atom is 0.181 e. The maximum absolute atomic E-state index is 4.84. The molecule has 10 heavy (non-hydrogen) atoms. The molecule has 0 unspecified atom stereocenters. The van der Waals surface area contributed by atoms with E-state index >= 15 is 0 Å². The normalized spacial score (nSPS) is 10.5. The molecule has 0 aliphatic rings. The fourth-order valence-electron chi connectivity index (χ4n) is 0.453. The molecule has 0 amide bonds. The zero-order chi connectivity index (χ0) is 7.23. The molecule has 0 atom stereocenters. The Balaban J connectivity index is 2.40. The van der Waals surface area contributed by atoms with Crippen LogP contribution in [0.2, 0.25) is 0 Å². The minimum Gasteiger partial charge on any atom is -0.442 e. The van der Waals surface area contributed by atoms with E-state index in [2.05, 4.69) is 15.0 Å². The minimum atomic E-state index is 0.560. The largest absolute Gasteiger partial charge is 0.442 e. The molecule has 0 radical (unpaired) electrons. The Morgan fingerprint density at radius 1 is 1.90 bits per heavy atom. The zero-order valence-electron chi connectivity index (χ0n) is 5.65. The first-order valence-corrected chi connectivity index (χ1v) is 2.97. The number of aromatic nitrogens is 1. The number of nitrogens with zero attached hydrogens (tertiary/aromatic N) is 2. The van der Waals surface area contributed by atoms with Gasteiger partial charge in [0.1, 0.15) is 12.8 Å². The summed E-state index contributed by atoms with van der Waals surface area (Å²) in [5, 5.41) is 3.57. The van der Waals surface area contributed by atoms with Gasteiger partial charge in [-0.15, -0.1) is 0 Å². The van der Waals surface area contributed by atoms with Gasteiger partial charge in [0.15, 0.2) is 12.2 Å². The molecule has 0 aliphatic carbocycles. The fraction of sp³-hybridized carbons (Fsp3) is 0.333. The van der Waals surface area contributed by atoms with Crippen molar-refractivity contribution in [3.05, 3.63) is 18.4 Å². The van der Waals surface area contributed by atoms with Crippen molar-refractivity contribution >= 4 is 6.21 Å². The third kappa shape index (κ3) is 1.89. The van der Waals surface area contributed by atoms with Crippen molar-refractivity contribution in [1.82, 2.24) is 4.98 Å². The molecule has 0 saturated carbocycles. The van der Waals surface area contributed by atoms with E-state index in [1.165, 1.54) is 12.6 Å². The average Bonchev–Trinajstić information content (AvgIpc) is 2.41. The second-order valence-corrected chi connectivity index (χ2v) is 1.56. The molecular formula is C6H8N2O2. The number of hydrogen-bond acceptors (Lipinski definition) is 4. The van der Waals surface area contributed by atoms with Gasteiger partial charge in [0.25, 0.3) is 0 Å². The summed E-state index contributed by atoms with van der Waals surface area (Å²) in [4.78, 5) is 8.38. The Morgan fingerprint density at radius 2 is 2.80 bits per heavy atom. The second-order valence-electron chi connectivity index (χ2n) is 1.56. The summed E-state index contributed by atoms with van der Waals surface area (Å²) < 4.78 is 4.84. The zero-order valence-corrected chi connectivity index (χ0v) is 5.65. The topological polar surface area (TPSA) is 47.6 Å². The van der Waals surface area contributed by atoms with Crippen LogP contribution in [0.3, 0.4) is 0 Å². The van der Waals surface area contributed by atoms with Crippen LogP contribution >= 0.6 is 0 Å². The van der Waals surface area contributed by atoms with Crippen LogP contribution in [-0.4, -0.2) is 17.8 Å². The molecule has 0 spiro atoms. The fourth-order valence-corrected chi connectivity index (χ4v) is 0.453. The van der Waals surface area contributed by atoms with E-state index < -0.39 is 0 Å². The molecule has 4 heteroatoms. The summed E-state index contributed by atoms with van der Waals surface area (Å²) >= 11 is 0. The third-order valence-corrected chi connectivity index (χ3v) is 0.835. The minimum absolute atomic E-state index is 0.560. The lowest BCUT2D eigenvalue weighted by Gasteiger charge is -1.86. The first-order valence-electron chi connectivity index (χ1n) is 2.97. The van der Waals surface area contributed by atoms with Crippen LogP contribution in [0.5, 0.6) is 0 Å². The SMILES string of the molecule is CCON=Cc1cnco1. The molecule has 4 nitrogen and oxygen atoms in total. The van der Waals surface area contributed by atoms with Gasteiger partial charge in [-0.2, -0.15) is 0 Å². The molecular weight excluding hydrogens is 132 g/mol.